The number of pyridine rings is 1. The minimum absolute atomic E-state index is 0.00652. The fourth-order valence-electron chi connectivity index (χ4n) is 3.77. The van der Waals surface area contributed by atoms with Gasteiger partial charge >= 0.3 is 5.97 Å². The van der Waals surface area contributed by atoms with Crippen molar-refractivity contribution in [3.63, 3.8) is 0 Å². The van der Waals surface area contributed by atoms with E-state index in [0.717, 1.165) is 33.9 Å². The molecular formula is C26H24N2O4S. The largest absolute Gasteiger partial charge is 0.478 e. The summed E-state index contributed by atoms with van der Waals surface area (Å²) in [5, 5.41) is 11.0. The van der Waals surface area contributed by atoms with Crippen molar-refractivity contribution in [3.05, 3.63) is 101 Å². The van der Waals surface area contributed by atoms with E-state index in [0.29, 0.717) is 5.82 Å². The van der Waals surface area contributed by atoms with Crippen LogP contribution in [0, 0.1) is 6.92 Å². The lowest BCUT2D eigenvalue weighted by atomic mass is 10.1. The Hall–Kier alpha value is -3.71. The second-order valence-corrected chi connectivity index (χ2v) is 9.67. The number of fused-ring (bicyclic) bond motifs is 1. The van der Waals surface area contributed by atoms with Crippen molar-refractivity contribution in [2.24, 2.45) is 0 Å². The standard InChI is InChI=1S/C26H24N2O4S/c1-3-19-8-10-20(11-9-19)17-28(25-18(2)24-7-5-4-6-22(24)16-27-25)33(31,32)23-14-12-21(13-15-23)26(29)30/h4-16H,3,17H2,1-2H3,(H,29,30). The average molecular weight is 461 g/mol. The highest BCUT2D eigenvalue weighted by atomic mass is 32.2. The number of hydrogen-bond donors (Lipinski definition) is 1. The van der Waals surface area contributed by atoms with E-state index < -0.39 is 16.0 Å². The van der Waals surface area contributed by atoms with Crippen LogP contribution in [0.2, 0.25) is 0 Å². The molecule has 0 saturated heterocycles. The topological polar surface area (TPSA) is 87.6 Å². The lowest BCUT2D eigenvalue weighted by Crippen LogP contribution is -2.32. The fraction of sp³-hybridized carbons (Fsp3) is 0.154. The first-order valence-electron chi connectivity index (χ1n) is 10.6. The van der Waals surface area contributed by atoms with Gasteiger partial charge in [0.05, 0.1) is 17.0 Å². The fourth-order valence-corrected chi connectivity index (χ4v) is 5.23. The second kappa shape index (κ2) is 9.03. The SMILES string of the molecule is CCc1ccc(CN(c2ncc3ccccc3c2C)S(=O)(=O)c2ccc(C(=O)O)cc2)cc1. The van der Waals surface area contributed by atoms with Crippen LogP contribution >= 0.6 is 0 Å². The molecule has 1 aromatic heterocycles. The van der Waals surface area contributed by atoms with Crippen LogP contribution in [-0.2, 0) is 23.0 Å². The summed E-state index contributed by atoms with van der Waals surface area (Å²) in [6.45, 7) is 4.02. The maximum atomic E-state index is 13.8. The lowest BCUT2D eigenvalue weighted by molar-refractivity contribution is 0.0696. The molecule has 0 unspecified atom stereocenters. The molecule has 1 heterocycles. The number of nitrogens with zero attached hydrogens (tertiary/aromatic N) is 2. The van der Waals surface area contributed by atoms with E-state index in [1.807, 2.05) is 55.5 Å². The number of rotatable bonds is 7. The van der Waals surface area contributed by atoms with E-state index in [1.54, 1.807) is 6.20 Å². The Balaban J connectivity index is 1.85. The maximum absolute atomic E-state index is 13.8. The van der Waals surface area contributed by atoms with Crippen molar-refractivity contribution in [1.82, 2.24) is 4.98 Å². The van der Waals surface area contributed by atoms with Crippen LogP contribution in [0.4, 0.5) is 5.82 Å². The number of aromatic carboxylic acids is 1. The Morgan fingerprint density at radius 1 is 0.939 bits per heavy atom. The van der Waals surface area contributed by atoms with Crippen LogP contribution < -0.4 is 4.31 Å². The van der Waals surface area contributed by atoms with Gasteiger partial charge in [-0.15, -0.1) is 0 Å². The maximum Gasteiger partial charge on any atom is 0.335 e. The predicted octanol–water partition coefficient (Wildman–Crippen LogP) is 5.20. The van der Waals surface area contributed by atoms with Crippen LogP contribution in [0.15, 0.2) is 83.9 Å². The predicted molar refractivity (Wildman–Crippen MR) is 129 cm³/mol. The molecule has 0 saturated carbocycles. The van der Waals surface area contributed by atoms with Crippen LogP contribution in [0.1, 0.15) is 34.0 Å². The summed E-state index contributed by atoms with van der Waals surface area (Å²) >= 11 is 0. The third-order valence-corrected chi connectivity index (χ3v) is 7.46. The summed E-state index contributed by atoms with van der Waals surface area (Å²) in [5.74, 6) is -0.769. The molecular weight excluding hydrogens is 436 g/mol. The van der Waals surface area contributed by atoms with Crippen molar-refractivity contribution in [1.29, 1.82) is 0 Å². The molecule has 4 aromatic rings. The zero-order valence-electron chi connectivity index (χ0n) is 18.4. The first-order chi connectivity index (χ1) is 15.8. The Bertz CT molecular complexity index is 1410. The highest BCUT2D eigenvalue weighted by Crippen LogP contribution is 2.31. The minimum atomic E-state index is -4.02. The highest BCUT2D eigenvalue weighted by Gasteiger charge is 2.28. The molecule has 3 aromatic carbocycles. The van der Waals surface area contributed by atoms with Gasteiger partial charge in [0.1, 0.15) is 5.82 Å². The number of hydrogen-bond acceptors (Lipinski definition) is 4. The minimum Gasteiger partial charge on any atom is -0.478 e. The Morgan fingerprint density at radius 3 is 2.21 bits per heavy atom. The van der Waals surface area contributed by atoms with Gasteiger partial charge in [0.2, 0.25) is 0 Å². The summed E-state index contributed by atoms with van der Waals surface area (Å²) < 4.78 is 28.8. The number of carboxylic acids is 1. The van der Waals surface area contributed by atoms with Gasteiger partial charge in [0.25, 0.3) is 10.0 Å². The van der Waals surface area contributed by atoms with E-state index >= 15 is 0 Å². The molecule has 33 heavy (non-hydrogen) atoms. The molecule has 0 aliphatic heterocycles. The summed E-state index contributed by atoms with van der Waals surface area (Å²) in [5.41, 5.74) is 2.77. The molecule has 0 aliphatic rings. The van der Waals surface area contributed by atoms with Crippen molar-refractivity contribution >= 4 is 32.6 Å². The normalized spacial score (nSPS) is 11.5. The van der Waals surface area contributed by atoms with Gasteiger partial charge in [-0.25, -0.2) is 22.5 Å². The summed E-state index contributed by atoms with van der Waals surface area (Å²) in [4.78, 5) is 15.7. The van der Waals surface area contributed by atoms with Crippen LogP contribution in [0.25, 0.3) is 10.8 Å². The van der Waals surface area contributed by atoms with Crippen LogP contribution in [0.3, 0.4) is 0 Å². The number of aromatic nitrogens is 1. The molecule has 0 bridgehead atoms. The van der Waals surface area contributed by atoms with E-state index in [4.69, 9.17) is 0 Å². The summed E-state index contributed by atoms with van der Waals surface area (Å²) in [6, 6.07) is 20.8. The Kier molecular flexibility index (Phi) is 6.16. The van der Waals surface area contributed by atoms with Crippen molar-refractivity contribution < 1.29 is 18.3 Å². The van der Waals surface area contributed by atoms with Crippen molar-refractivity contribution in [3.8, 4) is 0 Å². The molecule has 0 aliphatic carbocycles. The molecule has 0 amide bonds. The smallest absolute Gasteiger partial charge is 0.335 e. The Labute approximate surface area is 193 Å². The van der Waals surface area contributed by atoms with Gasteiger partial charge in [-0.3, -0.25) is 0 Å². The van der Waals surface area contributed by atoms with Gasteiger partial charge in [-0.05, 0) is 54.1 Å². The highest BCUT2D eigenvalue weighted by molar-refractivity contribution is 7.92. The molecule has 0 atom stereocenters. The van der Waals surface area contributed by atoms with Gasteiger partial charge in [-0.2, -0.15) is 0 Å². The van der Waals surface area contributed by atoms with Crippen LogP contribution in [0.5, 0.6) is 0 Å². The zero-order valence-corrected chi connectivity index (χ0v) is 19.2. The molecule has 0 radical (unpaired) electrons. The van der Waals surface area contributed by atoms with E-state index in [-0.39, 0.29) is 17.0 Å². The molecule has 0 fully saturated rings. The average Bonchev–Trinajstić information content (AvgIpc) is 2.83. The monoisotopic (exact) mass is 460 g/mol. The van der Waals surface area contributed by atoms with E-state index in [9.17, 15) is 18.3 Å². The number of anilines is 1. The third-order valence-electron chi connectivity index (χ3n) is 5.71. The van der Waals surface area contributed by atoms with Crippen molar-refractivity contribution in [2.75, 3.05) is 4.31 Å². The van der Waals surface area contributed by atoms with Crippen LogP contribution in [-0.4, -0.2) is 24.5 Å². The first-order valence-corrected chi connectivity index (χ1v) is 12.0. The van der Waals surface area contributed by atoms with E-state index in [2.05, 4.69) is 11.9 Å². The van der Waals surface area contributed by atoms with Gasteiger partial charge < -0.3 is 5.11 Å². The first kappa shape index (κ1) is 22.5. The lowest BCUT2D eigenvalue weighted by Gasteiger charge is -2.26. The number of carboxylic acid groups (broad SMARTS) is 1. The Morgan fingerprint density at radius 2 is 1.58 bits per heavy atom. The molecule has 7 heteroatoms. The molecule has 6 nitrogen and oxygen atoms in total. The molecule has 168 valence electrons. The molecule has 1 N–H and O–H groups in total. The number of sulfonamides is 1. The molecule has 0 spiro atoms. The second-order valence-electron chi connectivity index (χ2n) is 7.81. The van der Waals surface area contributed by atoms with Gasteiger partial charge in [0, 0.05) is 17.1 Å². The van der Waals surface area contributed by atoms with Crippen molar-refractivity contribution in [2.45, 2.75) is 31.7 Å². The number of aryl methyl sites for hydroxylation is 2. The number of carbonyl (C=O) groups is 1. The number of benzene rings is 3. The molecule has 4 rings (SSSR count). The quantitative estimate of drug-likeness (QED) is 0.410. The summed E-state index contributed by atoms with van der Waals surface area (Å²) in [7, 11) is -4.02. The third kappa shape index (κ3) is 4.45. The van der Waals surface area contributed by atoms with E-state index in [1.165, 1.54) is 28.6 Å². The van der Waals surface area contributed by atoms with Gasteiger partial charge in [-0.1, -0.05) is 55.5 Å². The van der Waals surface area contributed by atoms with Gasteiger partial charge in [0.15, 0.2) is 0 Å². The summed E-state index contributed by atoms with van der Waals surface area (Å²) in [6.07, 6.45) is 2.57. The zero-order chi connectivity index (χ0) is 23.6.